The van der Waals surface area contributed by atoms with Crippen molar-refractivity contribution in [3.05, 3.63) is 0 Å². The molecule has 0 fully saturated rings. The van der Waals surface area contributed by atoms with Crippen LogP contribution in [0.4, 0.5) is 4.79 Å². The smallest absolute Gasteiger partial charge is 0.408 e. The summed E-state index contributed by atoms with van der Waals surface area (Å²) in [7, 11) is 1.36. The number of ether oxygens (including phenoxy) is 2. The largest absolute Gasteiger partial charge is 0.469 e. The Morgan fingerprint density at radius 2 is 1.63 bits per heavy atom. The second kappa shape index (κ2) is 13.8. The zero-order chi connectivity index (χ0) is 20.2. The molecule has 3 N–H and O–H groups in total. The van der Waals surface area contributed by atoms with Gasteiger partial charge in [0, 0.05) is 13.1 Å². The Balaban J connectivity index is 0. The predicted octanol–water partition coefficient (Wildman–Crippen LogP) is 2.81. The Hall–Kier alpha value is -1.26. The molecule has 0 radical (unpaired) electrons. The van der Waals surface area contributed by atoms with E-state index in [9.17, 15) is 9.59 Å². The van der Waals surface area contributed by atoms with Crippen LogP contribution in [0.5, 0.6) is 0 Å². The lowest BCUT2D eigenvalue weighted by molar-refractivity contribution is -0.140. The van der Waals surface area contributed by atoms with Gasteiger partial charge in [0.15, 0.2) is 5.96 Å². The van der Waals surface area contributed by atoms with E-state index in [2.05, 4.69) is 25.7 Å². The van der Waals surface area contributed by atoms with E-state index in [1.54, 1.807) is 0 Å². The number of rotatable bonds is 9. The first-order valence-electron chi connectivity index (χ1n) is 9.21. The number of aliphatic imine (C=N–C) groups is 1. The standard InChI is InChI=1S/C18H36N4O4.HI/c1-8-18(9-2,22-16(24)26-17(4,5)6)13-21-15(19-10-3)20-12-11-14(23)25-7;/h8-13H2,1-7H3,(H,22,24)(H2,19,20,21);1H. The minimum Gasteiger partial charge on any atom is -0.469 e. The lowest BCUT2D eigenvalue weighted by atomic mass is 9.93. The van der Waals surface area contributed by atoms with Gasteiger partial charge in [-0.2, -0.15) is 0 Å². The number of guanidine groups is 1. The summed E-state index contributed by atoms with van der Waals surface area (Å²) in [6.45, 7) is 13.0. The number of nitrogens with zero attached hydrogens (tertiary/aromatic N) is 1. The van der Waals surface area contributed by atoms with Crippen molar-refractivity contribution in [1.29, 1.82) is 0 Å². The molecule has 9 heteroatoms. The summed E-state index contributed by atoms with van der Waals surface area (Å²) < 4.78 is 10.00. The second-order valence-electron chi connectivity index (χ2n) is 7.06. The number of carbonyl (C=O) groups excluding carboxylic acids is 2. The van der Waals surface area contributed by atoms with Crippen molar-refractivity contribution >= 4 is 42.0 Å². The van der Waals surface area contributed by atoms with Crippen LogP contribution in [-0.4, -0.2) is 55.9 Å². The van der Waals surface area contributed by atoms with Crippen LogP contribution in [0.25, 0.3) is 0 Å². The van der Waals surface area contributed by atoms with Crippen LogP contribution in [0, 0.1) is 0 Å². The van der Waals surface area contributed by atoms with Crippen molar-refractivity contribution in [2.45, 2.75) is 71.9 Å². The third kappa shape index (κ3) is 12.7. The van der Waals surface area contributed by atoms with Crippen LogP contribution < -0.4 is 16.0 Å². The van der Waals surface area contributed by atoms with Crippen LogP contribution in [0.2, 0.25) is 0 Å². The van der Waals surface area contributed by atoms with E-state index < -0.39 is 17.2 Å². The van der Waals surface area contributed by atoms with Crippen molar-refractivity contribution in [1.82, 2.24) is 16.0 Å². The normalized spacial score (nSPS) is 11.9. The van der Waals surface area contributed by atoms with E-state index in [1.807, 2.05) is 41.5 Å². The number of halogens is 1. The Morgan fingerprint density at radius 3 is 2.07 bits per heavy atom. The molecule has 0 aromatic rings. The topological polar surface area (TPSA) is 101 Å². The van der Waals surface area contributed by atoms with Gasteiger partial charge < -0.3 is 25.4 Å². The molecule has 0 aliphatic heterocycles. The summed E-state index contributed by atoms with van der Waals surface area (Å²) in [6, 6.07) is 0. The molecule has 0 saturated heterocycles. The van der Waals surface area contributed by atoms with Crippen LogP contribution in [0.15, 0.2) is 4.99 Å². The number of nitrogens with one attached hydrogen (secondary N) is 3. The summed E-state index contributed by atoms with van der Waals surface area (Å²) in [5, 5.41) is 9.19. The molecule has 160 valence electrons. The van der Waals surface area contributed by atoms with Gasteiger partial charge in [-0.05, 0) is 40.5 Å². The molecule has 0 saturated carbocycles. The molecule has 0 aliphatic carbocycles. The average Bonchev–Trinajstić information content (AvgIpc) is 2.56. The minimum absolute atomic E-state index is 0. The third-order valence-electron chi connectivity index (χ3n) is 3.85. The number of esters is 1. The number of carbonyl (C=O) groups is 2. The van der Waals surface area contributed by atoms with Gasteiger partial charge in [-0.15, -0.1) is 24.0 Å². The fraction of sp³-hybridized carbons (Fsp3) is 0.833. The molecule has 0 aromatic heterocycles. The van der Waals surface area contributed by atoms with Gasteiger partial charge in [0.05, 0.1) is 25.6 Å². The molecule has 1 amide bonds. The van der Waals surface area contributed by atoms with Gasteiger partial charge in [0.2, 0.25) is 0 Å². The van der Waals surface area contributed by atoms with Crippen molar-refractivity contribution in [3.8, 4) is 0 Å². The number of hydrogen-bond acceptors (Lipinski definition) is 5. The molecule has 0 heterocycles. The van der Waals surface area contributed by atoms with E-state index in [0.29, 0.717) is 38.4 Å². The maximum absolute atomic E-state index is 12.2. The zero-order valence-corrected chi connectivity index (χ0v) is 20.1. The van der Waals surface area contributed by atoms with Gasteiger partial charge in [0.25, 0.3) is 0 Å². The quantitative estimate of drug-likeness (QED) is 0.195. The highest BCUT2D eigenvalue weighted by Gasteiger charge is 2.30. The van der Waals surface area contributed by atoms with E-state index in [1.165, 1.54) is 7.11 Å². The van der Waals surface area contributed by atoms with Gasteiger partial charge in [-0.1, -0.05) is 13.8 Å². The Labute approximate surface area is 180 Å². The molecule has 0 unspecified atom stereocenters. The van der Waals surface area contributed by atoms with Crippen LogP contribution in [-0.2, 0) is 14.3 Å². The van der Waals surface area contributed by atoms with E-state index in [0.717, 1.165) is 0 Å². The summed E-state index contributed by atoms with van der Waals surface area (Å²) >= 11 is 0. The molecule has 0 atom stereocenters. The first-order valence-corrected chi connectivity index (χ1v) is 9.21. The predicted molar refractivity (Wildman–Crippen MR) is 119 cm³/mol. The van der Waals surface area contributed by atoms with Crippen molar-refractivity contribution in [2.24, 2.45) is 4.99 Å². The SMILES string of the molecule is CCNC(=NCC(CC)(CC)NC(=O)OC(C)(C)C)NCCC(=O)OC.I. The minimum atomic E-state index is -0.551. The molecule has 27 heavy (non-hydrogen) atoms. The summed E-state index contributed by atoms with van der Waals surface area (Å²) in [5.74, 6) is 0.310. The van der Waals surface area contributed by atoms with E-state index >= 15 is 0 Å². The molecule has 8 nitrogen and oxygen atoms in total. The Bertz CT molecular complexity index is 474. The summed E-state index contributed by atoms with van der Waals surface area (Å²) in [4.78, 5) is 28.0. The molecule has 0 aromatic carbocycles. The molecule has 0 spiro atoms. The zero-order valence-electron chi connectivity index (χ0n) is 17.7. The summed E-state index contributed by atoms with van der Waals surface area (Å²) in [6.07, 6.45) is 1.24. The number of amides is 1. The first kappa shape index (κ1) is 28.0. The van der Waals surface area contributed by atoms with Gasteiger partial charge >= 0.3 is 12.1 Å². The van der Waals surface area contributed by atoms with Crippen LogP contribution in [0.1, 0.15) is 60.8 Å². The third-order valence-corrected chi connectivity index (χ3v) is 3.85. The monoisotopic (exact) mass is 500 g/mol. The second-order valence-corrected chi connectivity index (χ2v) is 7.06. The molecule has 0 bridgehead atoms. The molecular formula is C18H37IN4O4. The van der Waals surface area contributed by atoms with Gasteiger partial charge in [-0.25, -0.2) is 4.79 Å². The van der Waals surface area contributed by atoms with Crippen molar-refractivity contribution in [2.75, 3.05) is 26.7 Å². The Morgan fingerprint density at radius 1 is 1.04 bits per heavy atom. The van der Waals surface area contributed by atoms with E-state index in [4.69, 9.17) is 4.74 Å². The lowest BCUT2D eigenvalue weighted by Crippen LogP contribution is -2.52. The lowest BCUT2D eigenvalue weighted by Gasteiger charge is -2.32. The fourth-order valence-corrected chi connectivity index (χ4v) is 2.17. The number of hydrogen-bond donors (Lipinski definition) is 3. The number of methoxy groups -OCH3 is 1. The maximum atomic E-state index is 12.2. The maximum Gasteiger partial charge on any atom is 0.408 e. The highest BCUT2D eigenvalue weighted by atomic mass is 127. The first-order chi connectivity index (χ1) is 12.1. The van der Waals surface area contributed by atoms with Gasteiger partial charge in [-0.3, -0.25) is 9.79 Å². The average molecular weight is 500 g/mol. The van der Waals surface area contributed by atoms with Gasteiger partial charge in [0.1, 0.15) is 5.60 Å². The highest BCUT2D eigenvalue weighted by molar-refractivity contribution is 14.0. The molecular weight excluding hydrogens is 463 g/mol. The fourth-order valence-electron chi connectivity index (χ4n) is 2.17. The molecule has 0 rings (SSSR count). The van der Waals surface area contributed by atoms with Crippen molar-refractivity contribution in [3.63, 3.8) is 0 Å². The van der Waals surface area contributed by atoms with E-state index in [-0.39, 0.29) is 36.4 Å². The summed E-state index contributed by atoms with van der Waals surface area (Å²) in [5.41, 5.74) is -1.04. The molecule has 0 aliphatic rings. The van der Waals surface area contributed by atoms with Crippen LogP contribution >= 0.6 is 24.0 Å². The number of alkyl carbamates (subject to hydrolysis) is 1. The van der Waals surface area contributed by atoms with Crippen LogP contribution in [0.3, 0.4) is 0 Å². The highest BCUT2D eigenvalue weighted by Crippen LogP contribution is 2.17. The Kier molecular flexibility index (Phi) is 14.3. The van der Waals surface area contributed by atoms with Crippen molar-refractivity contribution < 1.29 is 19.1 Å².